The number of likely N-dealkylation sites (N-methyl/N-ethyl adjacent to an activating group) is 1. The molecule has 0 aromatic carbocycles. The van der Waals surface area contributed by atoms with Crippen LogP contribution in [0.15, 0.2) is 36.7 Å². The van der Waals surface area contributed by atoms with Crippen molar-refractivity contribution in [3.8, 4) is 0 Å². The summed E-state index contributed by atoms with van der Waals surface area (Å²) >= 11 is 0. The smallest absolute Gasteiger partial charge is 0.128 e. The lowest BCUT2D eigenvalue weighted by molar-refractivity contribution is 0.542. The first kappa shape index (κ1) is 13.5. The predicted molar refractivity (Wildman–Crippen MR) is 77.7 cm³/mol. The molecular formula is C15H20N4. The number of nitrogens with zero attached hydrogens (tertiary/aromatic N) is 2. The van der Waals surface area contributed by atoms with Crippen molar-refractivity contribution >= 4 is 5.82 Å². The van der Waals surface area contributed by atoms with E-state index in [1.165, 1.54) is 0 Å². The van der Waals surface area contributed by atoms with E-state index in [2.05, 4.69) is 29.1 Å². The highest BCUT2D eigenvalue weighted by Crippen LogP contribution is 2.25. The zero-order chi connectivity index (χ0) is 13.7. The Balaban J connectivity index is 2.30. The van der Waals surface area contributed by atoms with Gasteiger partial charge >= 0.3 is 0 Å². The molecule has 1 atom stereocenters. The van der Waals surface area contributed by atoms with E-state index in [0.29, 0.717) is 5.82 Å². The second-order valence-electron chi connectivity index (χ2n) is 4.56. The standard InChI is InChI=1S/C15H20N4/c1-3-17-13(10-12-6-4-5-8-18-12)14-11(2)7-9-19-15(14)16/h4-9,13,17H,3,10H2,1-2H3,(H2,16,19). The molecule has 0 fully saturated rings. The van der Waals surface area contributed by atoms with Crippen molar-refractivity contribution in [1.82, 2.24) is 15.3 Å². The maximum absolute atomic E-state index is 6.03. The van der Waals surface area contributed by atoms with Crippen molar-refractivity contribution < 1.29 is 0 Å². The Morgan fingerprint density at radius 1 is 1.21 bits per heavy atom. The molecule has 100 valence electrons. The molecule has 2 aromatic heterocycles. The number of rotatable bonds is 5. The Bertz CT molecular complexity index is 505. The maximum atomic E-state index is 6.03. The molecule has 2 aromatic rings. The van der Waals surface area contributed by atoms with Crippen LogP contribution in [0.4, 0.5) is 5.82 Å². The van der Waals surface area contributed by atoms with Crippen molar-refractivity contribution in [3.63, 3.8) is 0 Å². The minimum absolute atomic E-state index is 0.147. The van der Waals surface area contributed by atoms with E-state index >= 15 is 0 Å². The summed E-state index contributed by atoms with van der Waals surface area (Å²) in [5.74, 6) is 0.599. The number of pyridine rings is 2. The molecule has 0 aliphatic rings. The average Bonchev–Trinajstić information content (AvgIpc) is 2.40. The Morgan fingerprint density at radius 2 is 2.05 bits per heavy atom. The second kappa shape index (κ2) is 6.29. The molecule has 4 nitrogen and oxygen atoms in total. The molecule has 0 radical (unpaired) electrons. The predicted octanol–water partition coefficient (Wildman–Crippen LogP) is 2.26. The molecule has 3 N–H and O–H groups in total. The zero-order valence-corrected chi connectivity index (χ0v) is 11.4. The van der Waals surface area contributed by atoms with E-state index in [-0.39, 0.29) is 6.04 Å². The van der Waals surface area contributed by atoms with Crippen LogP contribution >= 0.6 is 0 Å². The number of aryl methyl sites for hydroxylation is 1. The van der Waals surface area contributed by atoms with Gasteiger partial charge in [-0.15, -0.1) is 0 Å². The van der Waals surface area contributed by atoms with Crippen molar-refractivity contribution in [3.05, 3.63) is 53.5 Å². The molecule has 0 amide bonds. The number of nitrogen functional groups attached to an aromatic ring is 1. The molecule has 0 spiro atoms. The molecule has 0 aliphatic heterocycles. The van der Waals surface area contributed by atoms with Crippen LogP contribution in [0.2, 0.25) is 0 Å². The molecular weight excluding hydrogens is 236 g/mol. The third-order valence-corrected chi connectivity index (χ3v) is 3.18. The van der Waals surface area contributed by atoms with Crippen LogP contribution in [0.3, 0.4) is 0 Å². The van der Waals surface area contributed by atoms with Gasteiger partial charge in [0.2, 0.25) is 0 Å². The van der Waals surface area contributed by atoms with Crippen molar-refractivity contribution in [2.24, 2.45) is 0 Å². The van der Waals surface area contributed by atoms with Crippen LogP contribution in [0.1, 0.15) is 29.8 Å². The van der Waals surface area contributed by atoms with E-state index in [9.17, 15) is 0 Å². The topological polar surface area (TPSA) is 63.8 Å². The molecule has 4 heteroatoms. The van der Waals surface area contributed by atoms with Gasteiger partial charge in [0.05, 0.1) is 0 Å². The van der Waals surface area contributed by atoms with Gasteiger partial charge in [-0.3, -0.25) is 4.98 Å². The second-order valence-corrected chi connectivity index (χ2v) is 4.56. The lowest BCUT2D eigenvalue weighted by Crippen LogP contribution is -2.25. The number of hydrogen-bond donors (Lipinski definition) is 2. The van der Waals surface area contributed by atoms with Gasteiger partial charge in [0.25, 0.3) is 0 Å². The number of nitrogens with one attached hydrogen (secondary N) is 1. The van der Waals surface area contributed by atoms with Crippen LogP contribution in [0.5, 0.6) is 0 Å². The summed E-state index contributed by atoms with van der Waals surface area (Å²) in [5, 5.41) is 3.47. The van der Waals surface area contributed by atoms with Gasteiger partial charge in [0.15, 0.2) is 0 Å². The fourth-order valence-corrected chi connectivity index (χ4v) is 2.29. The highest BCUT2D eigenvalue weighted by molar-refractivity contribution is 5.46. The van der Waals surface area contributed by atoms with Crippen molar-refractivity contribution in [2.75, 3.05) is 12.3 Å². The number of nitrogens with two attached hydrogens (primary N) is 1. The van der Waals surface area contributed by atoms with Gasteiger partial charge < -0.3 is 11.1 Å². The number of hydrogen-bond acceptors (Lipinski definition) is 4. The lowest BCUT2D eigenvalue weighted by Gasteiger charge is -2.21. The first-order chi connectivity index (χ1) is 9.22. The summed E-state index contributed by atoms with van der Waals surface area (Å²) in [6.45, 7) is 5.04. The molecule has 0 saturated carbocycles. The van der Waals surface area contributed by atoms with E-state index in [1.54, 1.807) is 6.20 Å². The molecule has 0 bridgehead atoms. The molecule has 2 rings (SSSR count). The fraction of sp³-hybridized carbons (Fsp3) is 0.333. The largest absolute Gasteiger partial charge is 0.383 e. The van der Waals surface area contributed by atoms with Crippen LogP contribution in [0.25, 0.3) is 0 Å². The number of aromatic nitrogens is 2. The average molecular weight is 256 g/mol. The quantitative estimate of drug-likeness (QED) is 0.861. The summed E-state index contributed by atoms with van der Waals surface area (Å²) in [4.78, 5) is 8.59. The SMILES string of the molecule is CCNC(Cc1ccccn1)c1c(C)ccnc1N. The van der Waals surface area contributed by atoms with Crippen molar-refractivity contribution in [2.45, 2.75) is 26.3 Å². The van der Waals surface area contributed by atoms with Crippen LogP contribution in [-0.4, -0.2) is 16.5 Å². The fourth-order valence-electron chi connectivity index (χ4n) is 2.29. The van der Waals surface area contributed by atoms with Gasteiger partial charge in [-0.1, -0.05) is 13.0 Å². The summed E-state index contributed by atoms with van der Waals surface area (Å²) < 4.78 is 0. The normalized spacial score (nSPS) is 12.3. The summed E-state index contributed by atoms with van der Waals surface area (Å²) in [6.07, 6.45) is 4.38. The lowest BCUT2D eigenvalue weighted by atomic mass is 9.98. The van der Waals surface area contributed by atoms with Gasteiger partial charge in [-0.2, -0.15) is 0 Å². The first-order valence-electron chi connectivity index (χ1n) is 6.56. The molecule has 1 unspecified atom stereocenters. The van der Waals surface area contributed by atoms with E-state index in [1.807, 2.05) is 30.5 Å². The molecule has 2 heterocycles. The van der Waals surface area contributed by atoms with E-state index < -0.39 is 0 Å². The minimum Gasteiger partial charge on any atom is -0.383 e. The highest BCUT2D eigenvalue weighted by Gasteiger charge is 2.17. The monoisotopic (exact) mass is 256 g/mol. The summed E-state index contributed by atoms with van der Waals surface area (Å²) in [7, 11) is 0. The van der Waals surface area contributed by atoms with E-state index in [4.69, 9.17) is 5.73 Å². The first-order valence-corrected chi connectivity index (χ1v) is 6.56. The summed E-state index contributed by atoms with van der Waals surface area (Å²) in [5.41, 5.74) is 9.33. The molecule has 0 saturated heterocycles. The third-order valence-electron chi connectivity index (χ3n) is 3.18. The van der Waals surface area contributed by atoms with Gasteiger partial charge in [0.1, 0.15) is 5.82 Å². The highest BCUT2D eigenvalue weighted by atomic mass is 14.9. The van der Waals surface area contributed by atoms with Gasteiger partial charge in [-0.25, -0.2) is 4.98 Å². The Kier molecular flexibility index (Phi) is 4.47. The zero-order valence-electron chi connectivity index (χ0n) is 11.4. The summed E-state index contributed by atoms with van der Waals surface area (Å²) in [6, 6.07) is 8.11. The Labute approximate surface area is 114 Å². The van der Waals surface area contributed by atoms with Gasteiger partial charge in [0, 0.05) is 36.1 Å². The van der Waals surface area contributed by atoms with Crippen molar-refractivity contribution in [1.29, 1.82) is 0 Å². The van der Waals surface area contributed by atoms with Crippen LogP contribution in [0, 0.1) is 6.92 Å². The minimum atomic E-state index is 0.147. The van der Waals surface area contributed by atoms with Crippen LogP contribution in [-0.2, 0) is 6.42 Å². The van der Waals surface area contributed by atoms with Crippen LogP contribution < -0.4 is 11.1 Å². The van der Waals surface area contributed by atoms with E-state index in [0.717, 1.165) is 29.8 Å². The number of anilines is 1. The Morgan fingerprint density at radius 3 is 2.68 bits per heavy atom. The molecule has 0 aliphatic carbocycles. The maximum Gasteiger partial charge on any atom is 0.128 e. The third kappa shape index (κ3) is 3.29. The Hall–Kier alpha value is -1.94. The van der Waals surface area contributed by atoms with Gasteiger partial charge in [-0.05, 0) is 37.2 Å². The molecule has 19 heavy (non-hydrogen) atoms.